The number of carbonyl (C=O) groups is 2. The number of methoxy groups -OCH3 is 1. The van der Waals surface area contributed by atoms with Gasteiger partial charge in [-0.25, -0.2) is 4.39 Å². The molecule has 6 nitrogen and oxygen atoms in total. The molecule has 1 heterocycles. The van der Waals surface area contributed by atoms with Crippen molar-refractivity contribution in [3.8, 4) is 5.75 Å². The Balaban J connectivity index is 1.85. The number of amides is 1. The van der Waals surface area contributed by atoms with Gasteiger partial charge in [0, 0.05) is 0 Å². The third kappa shape index (κ3) is 4.15. The number of ether oxygens (including phenoxy) is 2. The number of esters is 1. The molecule has 0 aliphatic rings. The van der Waals surface area contributed by atoms with E-state index in [1.807, 2.05) is 24.3 Å². The monoisotopic (exact) mass is 374 g/mol. The van der Waals surface area contributed by atoms with E-state index in [4.69, 9.17) is 9.47 Å². The molecule has 0 fully saturated rings. The minimum Gasteiger partial charge on any atom is -0.484 e. The standard InChI is InChI=1S/C18H15FN2O4S/c1-24-17(23)10-21-14-4-2-3-5-15(14)26-18(21)20-16(22)11-25-13-8-6-12(19)7-9-13/h2-9H,10-11H2,1H3. The van der Waals surface area contributed by atoms with Gasteiger partial charge in [0.25, 0.3) is 5.91 Å². The summed E-state index contributed by atoms with van der Waals surface area (Å²) in [6, 6.07) is 12.8. The molecule has 134 valence electrons. The van der Waals surface area contributed by atoms with Gasteiger partial charge in [0.2, 0.25) is 0 Å². The molecule has 0 aliphatic heterocycles. The summed E-state index contributed by atoms with van der Waals surface area (Å²) < 4.78 is 25.4. The summed E-state index contributed by atoms with van der Waals surface area (Å²) in [6.45, 7) is -0.344. The lowest BCUT2D eigenvalue weighted by Crippen LogP contribution is -2.23. The van der Waals surface area contributed by atoms with E-state index < -0.39 is 11.9 Å². The predicted octanol–water partition coefficient (Wildman–Crippen LogP) is 2.52. The van der Waals surface area contributed by atoms with Gasteiger partial charge in [0.05, 0.1) is 17.3 Å². The molecule has 0 unspecified atom stereocenters. The van der Waals surface area contributed by atoms with E-state index >= 15 is 0 Å². The van der Waals surface area contributed by atoms with E-state index in [0.29, 0.717) is 10.6 Å². The van der Waals surface area contributed by atoms with Crippen molar-refractivity contribution in [1.82, 2.24) is 4.57 Å². The first-order valence-corrected chi connectivity index (χ1v) is 8.49. The molecule has 0 atom stereocenters. The summed E-state index contributed by atoms with van der Waals surface area (Å²) >= 11 is 1.29. The van der Waals surface area contributed by atoms with Crippen molar-refractivity contribution in [3.05, 3.63) is 59.1 Å². The Kier molecular flexibility index (Phi) is 5.43. The summed E-state index contributed by atoms with van der Waals surface area (Å²) in [4.78, 5) is 28.3. The molecule has 1 amide bonds. The summed E-state index contributed by atoms with van der Waals surface area (Å²) in [6.07, 6.45) is 0. The average molecular weight is 374 g/mol. The summed E-state index contributed by atoms with van der Waals surface area (Å²) in [5.41, 5.74) is 0.786. The molecular weight excluding hydrogens is 359 g/mol. The highest BCUT2D eigenvalue weighted by molar-refractivity contribution is 7.16. The second kappa shape index (κ2) is 7.92. The minimum absolute atomic E-state index is 0.0502. The first-order valence-electron chi connectivity index (χ1n) is 7.68. The highest BCUT2D eigenvalue weighted by atomic mass is 32.1. The third-order valence-corrected chi connectivity index (χ3v) is 4.56. The number of nitrogens with zero attached hydrogens (tertiary/aromatic N) is 2. The predicted molar refractivity (Wildman–Crippen MR) is 94.3 cm³/mol. The Morgan fingerprint density at radius 2 is 1.88 bits per heavy atom. The molecule has 0 aliphatic carbocycles. The number of aromatic nitrogens is 1. The fourth-order valence-corrected chi connectivity index (χ4v) is 3.31. The molecule has 26 heavy (non-hydrogen) atoms. The summed E-state index contributed by atoms with van der Waals surface area (Å²) in [5.74, 6) is -0.972. The minimum atomic E-state index is -0.514. The maximum Gasteiger partial charge on any atom is 0.325 e. The van der Waals surface area contributed by atoms with Gasteiger partial charge in [-0.1, -0.05) is 23.5 Å². The molecule has 0 saturated heterocycles. The second-order valence-corrected chi connectivity index (χ2v) is 6.27. The first-order chi connectivity index (χ1) is 12.6. The van der Waals surface area contributed by atoms with E-state index in [9.17, 15) is 14.0 Å². The van der Waals surface area contributed by atoms with Crippen LogP contribution in [0.25, 0.3) is 10.2 Å². The van der Waals surface area contributed by atoms with Crippen LogP contribution in [0, 0.1) is 5.82 Å². The number of fused-ring (bicyclic) bond motifs is 1. The van der Waals surface area contributed by atoms with Gasteiger partial charge in [0.1, 0.15) is 18.1 Å². The van der Waals surface area contributed by atoms with E-state index in [2.05, 4.69) is 4.99 Å². The van der Waals surface area contributed by atoms with Crippen LogP contribution in [-0.4, -0.2) is 30.2 Å². The molecule has 0 radical (unpaired) electrons. The SMILES string of the molecule is COC(=O)Cn1c(=NC(=O)COc2ccc(F)cc2)sc2ccccc21. The average Bonchev–Trinajstić information content (AvgIpc) is 2.98. The van der Waals surface area contributed by atoms with Crippen LogP contribution in [-0.2, 0) is 20.9 Å². The zero-order valence-corrected chi connectivity index (χ0v) is 14.7. The van der Waals surface area contributed by atoms with Crippen LogP contribution in [0.3, 0.4) is 0 Å². The van der Waals surface area contributed by atoms with Crippen LogP contribution in [0.5, 0.6) is 5.75 Å². The highest BCUT2D eigenvalue weighted by Gasteiger charge is 2.11. The van der Waals surface area contributed by atoms with Crippen LogP contribution < -0.4 is 9.54 Å². The lowest BCUT2D eigenvalue weighted by molar-refractivity contribution is -0.141. The molecule has 1 aromatic heterocycles. The normalized spacial score (nSPS) is 11.5. The van der Waals surface area contributed by atoms with Gasteiger partial charge < -0.3 is 14.0 Å². The maximum atomic E-state index is 12.9. The molecule has 3 rings (SSSR count). The molecule has 2 aromatic carbocycles. The number of hydrogen-bond donors (Lipinski definition) is 0. The molecule has 8 heteroatoms. The number of carbonyl (C=O) groups excluding carboxylic acids is 2. The molecule has 0 N–H and O–H groups in total. The number of benzene rings is 2. The third-order valence-electron chi connectivity index (χ3n) is 3.50. The van der Waals surface area contributed by atoms with E-state index in [1.54, 1.807) is 4.57 Å². The van der Waals surface area contributed by atoms with Crippen molar-refractivity contribution in [3.63, 3.8) is 0 Å². The maximum absolute atomic E-state index is 12.9. The topological polar surface area (TPSA) is 69.9 Å². The number of hydrogen-bond acceptors (Lipinski definition) is 5. The highest BCUT2D eigenvalue weighted by Crippen LogP contribution is 2.17. The van der Waals surface area contributed by atoms with Crippen LogP contribution in [0.2, 0.25) is 0 Å². The van der Waals surface area contributed by atoms with Crippen LogP contribution in [0.15, 0.2) is 53.5 Å². The zero-order chi connectivity index (χ0) is 18.5. The number of para-hydroxylation sites is 1. The summed E-state index contributed by atoms with van der Waals surface area (Å²) in [7, 11) is 1.30. The van der Waals surface area contributed by atoms with E-state index in [1.165, 1.54) is 42.7 Å². The lowest BCUT2D eigenvalue weighted by Gasteiger charge is -2.04. The smallest absolute Gasteiger partial charge is 0.325 e. The van der Waals surface area contributed by atoms with Gasteiger partial charge in [-0.2, -0.15) is 4.99 Å². The first kappa shape index (κ1) is 17.8. The van der Waals surface area contributed by atoms with Gasteiger partial charge >= 0.3 is 5.97 Å². The molecular formula is C18H15FN2O4S. The largest absolute Gasteiger partial charge is 0.484 e. The van der Waals surface area contributed by atoms with Crippen molar-refractivity contribution in [2.24, 2.45) is 4.99 Å². The Labute approximate surface area is 152 Å². The molecule has 3 aromatic rings. The molecule has 0 saturated carbocycles. The summed E-state index contributed by atoms with van der Waals surface area (Å²) in [5, 5.41) is 0. The quantitative estimate of drug-likeness (QED) is 0.644. The second-order valence-electron chi connectivity index (χ2n) is 5.26. The number of thiazole rings is 1. The van der Waals surface area contributed by atoms with Crippen molar-refractivity contribution in [2.45, 2.75) is 6.54 Å². The van der Waals surface area contributed by atoms with Crippen LogP contribution >= 0.6 is 11.3 Å². The van der Waals surface area contributed by atoms with Crippen molar-refractivity contribution >= 4 is 33.4 Å². The number of halogens is 1. The fraction of sp³-hybridized carbons (Fsp3) is 0.167. The Hall–Kier alpha value is -3.00. The van der Waals surface area contributed by atoms with Crippen molar-refractivity contribution in [1.29, 1.82) is 0 Å². The lowest BCUT2D eigenvalue weighted by atomic mass is 10.3. The fourth-order valence-electron chi connectivity index (χ4n) is 2.27. The Bertz CT molecular complexity index is 1010. The molecule has 0 spiro atoms. The van der Waals surface area contributed by atoms with Crippen LogP contribution in [0.1, 0.15) is 0 Å². The van der Waals surface area contributed by atoms with Gasteiger partial charge in [-0.05, 0) is 36.4 Å². The van der Waals surface area contributed by atoms with Crippen molar-refractivity contribution in [2.75, 3.05) is 13.7 Å². The van der Waals surface area contributed by atoms with Crippen molar-refractivity contribution < 1.29 is 23.5 Å². The number of rotatable bonds is 5. The van der Waals surface area contributed by atoms with E-state index in [-0.39, 0.29) is 19.0 Å². The van der Waals surface area contributed by atoms with Gasteiger partial charge in [-0.15, -0.1) is 0 Å². The van der Waals surface area contributed by atoms with E-state index in [0.717, 1.165) is 10.2 Å². The Morgan fingerprint density at radius 1 is 1.15 bits per heavy atom. The molecule has 0 bridgehead atoms. The Morgan fingerprint density at radius 3 is 2.62 bits per heavy atom. The van der Waals surface area contributed by atoms with Gasteiger partial charge in [-0.3, -0.25) is 9.59 Å². The zero-order valence-electron chi connectivity index (χ0n) is 13.8. The van der Waals surface area contributed by atoms with Gasteiger partial charge in [0.15, 0.2) is 11.4 Å². The van der Waals surface area contributed by atoms with Crippen LogP contribution in [0.4, 0.5) is 4.39 Å².